The molecule has 1 atom stereocenters. The Kier molecular flexibility index (Phi) is 9.33. The van der Waals surface area contributed by atoms with Gasteiger partial charge in [-0.05, 0) is 30.4 Å². The summed E-state index contributed by atoms with van der Waals surface area (Å²) < 4.78 is 0. The van der Waals surface area contributed by atoms with E-state index in [1.807, 2.05) is 43.6 Å². The van der Waals surface area contributed by atoms with Crippen LogP contribution < -0.4 is 0 Å². The van der Waals surface area contributed by atoms with Crippen LogP contribution in [0.3, 0.4) is 0 Å². The highest BCUT2D eigenvalue weighted by Crippen LogP contribution is 2.21. The number of nitrogens with zero attached hydrogens (tertiary/aromatic N) is 2. The molecule has 1 N–H and O–H groups in total. The van der Waals surface area contributed by atoms with Crippen molar-refractivity contribution in [2.45, 2.75) is 84.2 Å². The van der Waals surface area contributed by atoms with Crippen molar-refractivity contribution in [2.75, 3.05) is 0 Å². The SMILES string of the molecule is CCCCCCCCCCc1cnc(-c2ccc(C(O)CC)cc2)nc1. The van der Waals surface area contributed by atoms with Crippen LogP contribution in [0.15, 0.2) is 36.7 Å². The second-order valence-corrected chi connectivity index (χ2v) is 7.19. The summed E-state index contributed by atoms with van der Waals surface area (Å²) in [6.07, 6.45) is 16.0. The number of aliphatic hydroxyl groups excluding tert-OH is 1. The molecule has 0 radical (unpaired) electrons. The Morgan fingerprint density at radius 2 is 1.38 bits per heavy atom. The first-order valence-corrected chi connectivity index (χ1v) is 10.3. The Labute approximate surface area is 158 Å². The van der Waals surface area contributed by atoms with Crippen molar-refractivity contribution in [3.05, 3.63) is 47.8 Å². The largest absolute Gasteiger partial charge is 0.388 e. The Balaban J connectivity index is 1.74. The molecule has 3 heteroatoms. The molecule has 3 nitrogen and oxygen atoms in total. The van der Waals surface area contributed by atoms with Crippen LogP contribution in [-0.4, -0.2) is 15.1 Å². The summed E-state index contributed by atoms with van der Waals surface area (Å²) in [6.45, 7) is 4.24. The van der Waals surface area contributed by atoms with Crippen LogP contribution in [0.2, 0.25) is 0 Å². The molecule has 1 heterocycles. The Bertz CT molecular complexity index is 607. The van der Waals surface area contributed by atoms with Crippen LogP contribution in [0.1, 0.15) is 88.9 Å². The van der Waals surface area contributed by atoms with E-state index in [1.165, 1.54) is 56.9 Å². The number of rotatable bonds is 12. The predicted octanol–water partition coefficient (Wildman–Crippen LogP) is 6.27. The molecule has 0 bridgehead atoms. The molecular weight excluding hydrogens is 320 g/mol. The number of unbranched alkanes of at least 4 members (excludes halogenated alkanes) is 7. The van der Waals surface area contributed by atoms with E-state index in [0.717, 1.165) is 29.8 Å². The molecule has 0 fully saturated rings. The number of aromatic nitrogens is 2. The second-order valence-electron chi connectivity index (χ2n) is 7.19. The van der Waals surface area contributed by atoms with Crippen molar-refractivity contribution in [3.8, 4) is 11.4 Å². The molecule has 0 saturated heterocycles. The Morgan fingerprint density at radius 1 is 0.808 bits per heavy atom. The van der Waals surface area contributed by atoms with Gasteiger partial charge in [-0.2, -0.15) is 0 Å². The monoisotopic (exact) mass is 354 g/mol. The van der Waals surface area contributed by atoms with Gasteiger partial charge in [-0.25, -0.2) is 9.97 Å². The van der Waals surface area contributed by atoms with Gasteiger partial charge < -0.3 is 5.11 Å². The van der Waals surface area contributed by atoms with E-state index in [1.54, 1.807) is 0 Å². The third kappa shape index (κ3) is 6.87. The first-order chi connectivity index (χ1) is 12.7. The van der Waals surface area contributed by atoms with E-state index in [0.29, 0.717) is 0 Å². The molecular formula is C23H34N2O. The summed E-state index contributed by atoms with van der Waals surface area (Å²) in [4.78, 5) is 9.04. The summed E-state index contributed by atoms with van der Waals surface area (Å²) in [7, 11) is 0. The highest BCUT2D eigenvalue weighted by molar-refractivity contribution is 5.55. The predicted molar refractivity (Wildman–Crippen MR) is 109 cm³/mol. The number of aliphatic hydroxyl groups is 1. The second kappa shape index (κ2) is 11.8. The van der Waals surface area contributed by atoms with Gasteiger partial charge in [-0.1, -0.05) is 83.1 Å². The zero-order valence-electron chi connectivity index (χ0n) is 16.5. The van der Waals surface area contributed by atoms with Gasteiger partial charge in [-0.15, -0.1) is 0 Å². The smallest absolute Gasteiger partial charge is 0.159 e. The van der Waals surface area contributed by atoms with Crippen LogP contribution in [0.4, 0.5) is 0 Å². The summed E-state index contributed by atoms with van der Waals surface area (Å²) in [5.41, 5.74) is 3.16. The van der Waals surface area contributed by atoms with Crippen LogP contribution in [0, 0.1) is 0 Å². The Morgan fingerprint density at radius 3 is 1.96 bits per heavy atom. The van der Waals surface area contributed by atoms with Gasteiger partial charge in [-0.3, -0.25) is 0 Å². The number of hydrogen-bond acceptors (Lipinski definition) is 3. The van der Waals surface area contributed by atoms with Crippen molar-refractivity contribution < 1.29 is 5.11 Å². The van der Waals surface area contributed by atoms with E-state index in [2.05, 4.69) is 16.9 Å². The highest BCUT2D eigenvalue weighted by atomic mass is 16.3. The number of benzene rings is 1. The van der Waals surface area contributed by atoms with E-state index in [4.69, 9.17) is 0 Å². The maximum atomic E-state index is 9.87. The normalized spacial score (nSPS) is 12.3. The first-order valence-electron chi connectivity index (χ1n) is 10.3. The molecule has 0 amide bonds. The third-order valence-electron chi connectivity index (χ3n) is 4.96. The van der Waals surface area contributed by atoms with Crippen molar-refractivity contribution in [1.82, 2.24) is 9.97 Å². The van der Waals surface area contributed by atoms with Gasteiger partial charge in [0.15, 0.2) is 5.82 Å². The van der Waals surface area contributed by atoms with Crippen molar-refractivity contribution in [3.63, 3.8) is 0 Å². The standard InChI is InChI=1S/C23H34N2O/c1-3-5-6-7-8-9-10-11-12-19-17-24-23(25-18-19)21-15-13-20(14-16-21)22(26)4-2/h13-18,22,26H,3-12H2,1-2H3. The molecule has 0 saturated carbocycles. The minimum atomic E-state index is -0.390. The molecule has 1 unspecified atom stereocenters. The molecule has 0 aliphatic carbocycles. The fourth-order valence-electron chi connectivity index (χ4n) is 3.19. The van der Waals surface area contributed by atoms with Gasteiger partial charge in [0, 0.05) is 18.0 Å². The van der Waals surface area contributed by atoms with Crippen LogP contribution >= 0.6 is 0 Å². The fraction of sp³-hybridized carbons (Fsp3) is 0.565. The zero-order valence-corrected chi connectivity index (χ0v) is 16.5. The number of hydrogen-bond donors (Lipinski definition) is 1. The molecule has 1 aromatic heterocycles. The lowest BCUT2D eigenvalue weighted by Crippen LogP contribution is -1.96. The molecule has 0 aliphatic rings. The Hall–Kier alpha value is -1.74. The summed E-state index contributed by atoms with van der Waals surface area (Å²) in [5, 5.41) is 9.87. The average molecular weight is 355 g/mol. The average Bonchev–Trinajstić information content (AvgIpc) is 2.70. The van der Waals surface area contributed by atoms with Crippen molar-refractivity contribution in [1.29, 1.82) is 0 Å². The third-order valence-corrected chi connectivity index (χ3v) is 4.96. The maximum Gasteiger partial charge on any atom is 0.159 e. The van der Waals surface area contributed by atoms with E-state index < -0.39 is 0 Å². The fourth-order valence-corrected chi connectivity index (χ4v) is 3.19. The lowest BCUT2D eigenvalue weighted by atomic mass is 10.0. The maximum absolute atomic E-state index is 9.87. The van der Waals surface area contributed by atoms with Crippen LogP contribution in [-0.2, 0) is 6.42 Å². The molecule has 0 spiro atoms. The molecule has 142 valence electrons. The quantitative estimate of drug-likeness (QED) is 0.457. The highest BCUT2D eigenvalue weighted by Gasteiger charge is 2.06. The van der Waals surface area contributed by atoms with E-state index >= 15 is 0 Å². The summed E-state index contributed by atoms with van der Waals surface area (Å²) in [5.74, 6) is 0.752. The lowest BCUT2D eigenvalue weighted by Gasteiger charge is -2.08. The van der Waals surface area contributed by atoms with Gasteiger partial charge >= 0.3 is 0 Å². The molecule has 1 aromatic carbocycles. The molecule has 0 aliphatic heterocycles. The van der Waals surface area contributed by atoms with Gasteiger partial charge in [0.25, 0.3) is 0 Å². The van der Waals surface area contributed by atoms with Gasteiger partial charge in [0.05, 0.1) is 6.10 Å². The minimum Gasteiger partial charge on any atom is -0.388 e. The number of aryl methyl sites for hydroxylation is 1. The van der Waals surface area contributed by atoms with Crippen molar-refractivity contribution in [2.24, 2.45) is 0 Å². The van der Waals surface area contributed by atoms with Crippen molar-refractivity contribution >= 4 is 0 Å². The zero-order chi connectivity index (χ0) is 18.6. The summed E-state index contributed by atoms with van der Waals surface area (Å²) in [6, 6.07) is 7.89. The molecule has 2 aromatic rings. The summed E-state index contributed by atoms with van der Waals surface area (Å²) >= 11 is 0. The molecule has 2 rings (SSSR count). The first kappa shape index (κ1) is 20.6. The van der Waals surface area contributed by atoms with Crippen LogP contribution in [0.5, 0.6) is 0 Å². The minimum absolute atomic E-state index is 0.390. The topological polar surface area (TPSA) is 46.0 Å². The van der Waals surface area contributed by atoms with E-state index in [-0.39, 0.29) is 6.10 Å². The van der Waals surface area contributed by atoms with E-state index in [9.17, 15) is 5.11 Å². The lowest BCUT2D eigenvalue weighted by molar-refractivity contribution is 0.173. The van der Waals surface area contributed by atoms with Crippen LogP contribution in [0.25, 0.3) is 11.4 Å². The van der Waals surface area contributed by atoms with Gasteiger partial charge in [0.1, 0.15) is 0 Å². The molecule has 26 heavy (non-hydrogen) atoms. The van der Waals surface area contributed by atoms with Gasteiger partial charge in [0.2, 0.25) is 0 Å².